The maximum Gasteiger partial charge on any atom is 0.178 e. The second-order valence-electron chi connectivity index (χ2n) is 6.51. The third-order valence-corrected chi connectivity index (χ3v) is 4.38. The fourth-order valence-electron chi connectivity index (χ4n) is 2.93. The van der Waals surface area contributed by atoms with Crippen molar-refractivity contribution in [2.75, 3.05) is 11.6 Å². The molecule has 0 spiro atoms. The maximum absolute atomic E-state index is 12.9. The van der Waals surface area contributed by atoms with Gasteiger partial charge in [0.15, 0.2) is 17.4 Å². The van der Waals surface area contributed by atoms with E-state index in [1.165, 1.54) is 29.3 Å². The number of hydrazine groups is 1. The zero-order valence-corrected chi connectivity index (χ0v) is 16.4. The number of carbonyl (C=O) groups is 1. The molecule has 0 bridgehead atoms. The monoisotopic (exact) mass is 409 g/mol. The molecule has 0 radical (unpaired) electrons. The molecular weight excluding hydrogens is 384 g/mol. The van der Waals surface area contributed by atoms with E-state index in [0.29, 0.717) is 34.9 Å². The van der Waals surface area contributed by atoms with Gasteiger partial charge in [-0.15, -0.1) is 0 Å². The van der Waals surface area contributed by atoms with Gasteiger partial charge in [0.1, 0.15) is 13.5 Å². The van der Waals surface area contributed by atoms with E-state index in [9.17, 15) is 9.90 Å². The van der Waals surface area contributed by atoms with E-state index in [1.54, 1.807) is 31.4 Å². The molecule has 1 aliphatic rings. The van der Waals surface area contributed by atoms with Crippen LogP contribution in [0.3, 0.4) is 0 Å². The van der Waals surface area contributed by atoms with Crippen molar-refractivity contribution in [3.8, 4) is 17.1 Å². The Morgan fingerprint density at radius 3 is 2.90 bits per heavy atom. The molecular formula is C21H22N6O3. The quantitative estimate of drug-likeness (QED) is 0.635. The number of nitrogens with zero attached hydrogens (tertiary/aromatic N) is 5. The number of aliphatic hydroxyl groups is 1. The van der Waals surface area contributed by atoms with Gasteiger partial charge in [0.05, 0.1) is 33.6 Å². The van der Waals surface area contributed by atoms with Gasteiger partial charge in [-0.2, -0.15) is 5.10 Å². The van der Waals surface area contributed by atoms with Crippen LogP contribution in [0.2, 0.25) is 1.41 Å². The van der Waals surface area contributed by atoms with Crippen molar-refractivity contribution in [3.05, 3.63) is 66.9 Å². The van der Waals surface area contributed by atoms with E-state index < -0.39 is 24.0 Å². The van der Waals surface area contributed by atoms with Crippen LogP contribution in [0.4, 0.5) is 5.69 Å². The molecule has 0 aliphatic carbocycles. The number of hydrogen-bond acceptors (Lipinski definition) is 8. The van der Waals surface area contributed by atoms with E-state index in [2.05, 4.69) is 15.1 Å². The molecule has 0 amide bonds. The van der Waals surface area contributed by atoms with E-state index in [4.69, 9.17) is 8.89 Å². The van der Waals surface area contributed by atoms with Gasteiger partial charge in [-0.1, -0.05) is 18.2 Å². The van der Waals surface area contributed by atoms with Gasteiger partial charge in [0.25, 0.3) is 0 Å². The predicted octanol–water partition coefficient (Wildman–Crippen LogP) is 1.79. The lowest BCUT2D eigenvalue weighted by Crippen LogP contribution is -2.51. The normalized spacial score (nSPS) is 22.1. The van der Waals surface area contributed by atoms with Crippen LogP contribution in [-0.4, -0.2) is 43.3 Å². The lowest BCUT2D eigenvalue weighted by molar-refractivity contribution is -0.119. The summed E-state index contributed by atoms with van der Waals surface area (Å²) in [6.45, 7) is 2.33. The van der Waals surface area contributed by atoms with E-state index >= 15 is 0 Å². The Kier molecular flexibility index (Phi) is 4.57. The third-order valence-electron chi connectivity index (χ3n) is 4.38. The second-order valence-corrected chi connectivity index (χ2v) is 6.51. The first-order valence-electron chi connectivity index (χ1n) is 10.7. The van der Waals surface area contributed by atoms with Crippen LogP contribution < -0.4 is 15.2 Å². The number of anilines is 1. The molecule has 2 unspecified atom stereocenters. The first kappa shape index (κ1) is 16.3. The van der Waals surface area contributed by atoms with Crippen molar-refractivity contribution in [3.63, 3.8) is 0 Å². The number of ether oxygens (including phenoxy) is 1. The molecule has 3 heterocycles. The van der Waals surface area contributed by atoms with Gasteiger partial charge in [0.2, 0.25) is 0 Å². The Morgan fingerprint density at radius 1 is 1.40 bits per heavy atom. The molecule has 1 aromatic carbocycles. The average Bonchev–Trinajstić information content (AvgIpc) is 3.26. The minimum atomic E-state index is -2.51. The van der Waals surface area contributed by atoms with E-state index in [1.807, 2.05) is 6.92 Å². The number of aliphatic hydroxyl groups excluding tert-OH is 1. The molecule has 2 aromatic heterocycles. The van der Waals surface area contributed by atoms with Crippen molar-refractivity contribution in [2.45, 2.75) is 19.0 Å². The van der Waals surface area contributed by atoms with Crippen LogP contribution in [0.5, 0.6) is 5.75 Å². The number of rotatable bonds is 6. The number of ketones is 1. The highest BCUT2D eigenvalue weighted by Gasteiger charge is 2.31. The third kappa shape index (κ3) is 4.07. The Bertz CT molecular complexity index is 1200. The summed E-state index contributed by atoms with van der Waals surface area (Å²) in [7, 11) is 1.68. The second kappa shape index (κ2) is 8.44. The number of hydrogen-bond donors (Lipinski definition) is 2. The van der Waals surface area contributed by atoms with Crippen molar-refractivity contribution in [2.24, 2.45) is 7.05 Å². The van der Waals surface area contributed by atoms with Crippen LogP contribution in [0, 0.1) is 0 Å². The summed E-state index contributed by atoms with van der Waals surface area (Å²) in [6.07, 6.45) is 5.42. The van der Waals surface area contributed by atoms with Gasteiger partial charge in [-0.3, -0.25) is 14.5 Å². The van der Waals surface area contributed by atoms with Crippen molar-refractivity contribution in [1.29, 1.82) is 0 Å². The standard InChI is InChI=1S/C21H22N6O3/c1-3-30-17-11-22-21(23-12-17)15-6-4-5-14(9-15)20(29)19-18(28)7-8-27(25-19)16-10-24-26(2)13-16/h4-13,19-20,25,29H,3H2,1-2H3/i7D,19D/hD. The largest absolute Gasteiger partial charge is 0.491 e. The number of benzene rings is 1. The lowest BCUT2D eigenvalue weighted by Gasteiger charge is -2.32. The zero-order chi connectivity index (χ0) is 23.8. The summed E-state index contributed by atoms with van der Waals surface area (Å²) in [5, 5.41) is 16.3. The van der Waals surface area contributed by atoms with E-state index in [-0.39, 0.29) is 5.56 Å². The fraction of sp³-hybridized carbons (Fsp3) is 0.238. The van der Waals surface area contributed by atoms with Crippen molar-refractivity contribution in [1.82, 2.24) is 25.2 Å². The first-order valence-corrected chi connectivity index (χ1v) is 9.29. The first-order chi connectivity index (χ1) is 15.8. The summed E-state index contributed by atoms with van der Waals surface area (Å²) in [6, 6.07) is 3.42. The summed E-state index contributed by atoms with van der Waals surface area (Å²) in [5.74, 6) is -0.124. The van der Waals surface area contributed by atoms with Crippen LogP contribution in [0.1, 0.15) is 21.3 Å². The number of aryl methyl sites for hydroxylation is 1. The molecule has 0 saturated heterocycles. The molecule has 2 atom stereocenters. The van der Waals surface area contributed by atoms with Crippen LogP contribution >= 0.6 is 0 Å². The van der Waals surface area contributed by atoms with Crippen molar-refractivity contribution < 1.29 is 18.8 Å². The number of carbonyl (C=O) groups excluding carboxylic acids is 1. The molecule has 3 aromatic rings. The molecule has 9 nitrogen and oxygen atoms in total. The molecule has 154 valence electrons. The highest BCUT2D eigenvalue weighted by molar-refractivity contribution is 5.96. The maximum atomic E-state index is 12.9. The smallest absolute Gasteiger partial charge is 0.178 e. The van der Waals surface area contributed by atoms with Gasteiger partial charge in [0, 0.05) is 31.1 Å². The Labute approximate surface area is 177 Å². The summed E-state index contributed by atoms with van der Waals surface area (Å²) in [4.78, 5) is 21.4. The Balaban J connectivity index is 1.69. The molecule has 2 N–H and O–H groups in total. The minimum absolute atomic E-state index is 0.200. The van der Waals surface area contributed by atoms with Gasteiger partial charge in [-0.05, 0) is 18.6 Å². The van der Waals surface area contributed by atoms with Gasteiger partial charge < -0.3 is 9.84 Å². The molecule has 9 heteroatoms. The van der Waals surface area contributed by atoms with Crippen LogP contribution in [0.25, 0.3) is 11.4 Å². The predicted molar refractivity (Wildman–Crippen MR) is 110 cm³/mol. The summed E-state index contributed by atoms with van der Waals surface area (Å²) < 4.78 is 32.2. The van der Waals surface area contributed by atoms with E-state index in [0.717, 1.165) is 11.2 Å². The zero-order valence-electron chi connectivity index (χ0n) is 19.4. The molecule has 4 rings (SSSR count). The highest BCUT2D eigenvalue weighted by Crippen LogP contribution is 2.26. The number of nitrogens with one attached hydrogen (secondary N) is 1. The molecule has 1 aliphatic heterocycles. The molecule has 30 heavy (non-hydrogen) atoms. The van der Waals surface area contributed by atoms with Crippen LogP contribution in [0.15, 0.2) is 61.3 Å². The Morgan fingerprint density at radius 2 is 2.20 bits per heavy atom. The lowest BCUT2D eigenvalue weighted by atomic mass is 9.97. The van der Waals surface area contributed by atoms with Crippen molar-refractivity contribution >= 4 is 11.5 Å². The van der Waals surface area contributed by atoms with Crippen LogP contribution in [-0.2, 0) is 11.8 Å². The molecule has 0 saturated carbocycles. The minimum Gasteiger partial charge on any atom is -0.491 e. The fourth-order valence-corrected chi connectivity index (χ4v) is 2.93. The SMILES string of the molecule is [2H]C1=CN(c2cnn(C)c2)N([2H])C([2H])(C(O)c2cccc(-c3ncc(OCC)cn3)c2)C1=O. The van der Waals surface area contributed by atoms with Gasteiger partial charge in [-0.25, -0.2) is 15.4 Å². The summed E-state index contributed by atoms with van der Waals surface area (Å²) in [5.41, 5.74) is 1.66. The molecule has 0 fully saturated rings. The summed E-state index contributed by atoms with van der Waals surface area (Å²) >= 11 is 0. The number of aromatic nitrogens is 4. The topological polar surface area (TPSA) is 105 Å². The highest BCUT2D eigenvalue weighted by atomic mass is 16.5. The average molecular weight is 409 g/mol. The van der Waals surface area contributed by atoms with Gasteiger partial charge >= 0.3 is 0 Å². The Hall–Kier alpha value is -3.56.